The zero-order valence-corrected chi connectivity index (χ0v) is 13.4. The second-order valence-corrected chi connectivity index (χ2v) is 6.03. The molecule has 2 heterocycles. The van der Waals surface area contributed by atoms with Crippen LogP contribution in [0.15, 0.2) is 12.1 Å². The highest BCUT2D eigenvalue weighted by Gasteiger charge is 2.31. The van der Waals surface area contributed by atoms with Gasteiger partial charge in [0.2, 0.25) is 11.7 Å². The summed E-state index contributed by atoms with van der Waals surface area (Å²) in [6.07, 6.45) is 0. The van der Waals surface area contributed by atoms with Crippen molar-refractivity contribution in [1.29, 1.82) is 0 Å². The summed E-state index contributed by atoms with van der Waals surface area (Å²) in [5.41, 5.74) is 5.51. The first-order chi connectivity index (χ1) is 9.40. The van der Waals surface area contributed by atoms with Crippen molar-refractivity contribution in [3.8, 4) is 0 Å². The van der Waals surface area contributed by atoms with Crippen LogP contribution in [-0.2, 0) is 13.1 Å². The van der Waals surface area contributed by atoms with Crippen molar-refractivity contribution in [3.63, 3.8) is 0 Å². The van der Waals surface area contributed by atoms with Gasteiger partial charge in [-0.15, -0.1) is 0 Å². The topological polar surface area (TPSA) is 12.5 Å². The van der Waals surface area contributed by atoms with Gasteiger partial charge in [0.1, 0.15) is 24.5 Å². The summed E-state index contributed by atoms with van der Waals surface area (Å²) in [4.78, 5) is 4.59. The summed E-state index contributed by atoms with van der Waals surface area (Å²) in [6.45, 7) is 6.33. The number of hydrogen-bond acceptors (Lipinski definition) is 2. The fourth-order valence-electron chi connectivity index (χ4n) is 3.14. The number of rotatable bonds is 0. The van der Waals surface area contributed by atoms with Crippen molar-refractivity contribution >= 4 is 23.0 Å². The molecule has 1 aromatic carbocycles. The van der Waals surface area contributed by atoms with Crippen LogP contribution in [0.3, 0.4) is 0 Å². The number of fused-ring (bicyclic) bond motifs is 2. The predicted molar refractivity (Wildman–Crippen MR) is 84.4 cm³/mol. The van der Waals surface area contributed by atoms with Crippen molar-refractivity contribution < 1.29 is 9.15 Å². The van der Waals surface area contributed by atoms with Crippen LogP contribution in [0.1, 0.15) is 25.0 Å². The molecule has 0 bridgehead atoms. The van der Waals surface area contributed by atoms with Crippen LogP contribution in [-0.4, -0.2) is 49.0 Å². The lowest BCUT2D eigenvalue weighted by molar-refractivity contribution is -0.517. The number of amidine groups is 2. The Bertz CT molecular complexity index is 597. The maximum Gasteiger partial charge on any atom is 0.248 e. The van der Waals surface area contributed by atoms with Crippen molar-refractivity contribution in [1.82, 2.24) is 0 Å². The molecule has 0 spiro atoms. The van der Waals surface area contributed by atoms with E-state index in [1.54, 1.807) is 0 Å². The van der Waals surface area contributed by atoms with E-state index in [0.29, 0.717) is 0 Å². The summed E-state index contributed by atoms with van der Waals surface area (Å²) in [5.74, 6) is 2.61. The molecule has 2 aliphatic heterocycles. The van der Waals surface area contributed by atoms with Crippen LogP contribution in [0.5, 0.6) is 0 Å². The third-order valence-corrected chi connectivity index (χ3v) is 4.89. The van der Waals surface area contributed by atoms with Gasteiger partial charge in [0.05, 0.1) is 28.2 Å². The van der Waals surface area contributed by atoms with Crippen LogP contribution in [0, 0.1) is 0 Å². The van der Waals surface area contributed by atoms with Gasteiger partial charge < -0.3 is 0 Å². The van der Waals surface area contributed by atoms with Crippen molar-refractivity contribution in [3.05, 3.63) is 23.3 Å². The minimum atomic E-state index is 0.988. The van der Waals surface area contributed by atoms with Gasteiger partial charge in [-0.3, -0.25) is 9.15 Å². The minimum Gasteiger partial charge on any atom is -0.264 e. The number of benzene rings is 1. The van der Waals surface area contributed by atoms with E-state index in [1.165, 1.54) is 34.2 Å². The van der Waals surface area contributed by atoms with E-state index in [-0.39, 0.29) is 0 Å². The second-order valence-electron chi connectivity index (χ2n) is 6.03. The molecule has 0 N–H and O–H groups in total. The highest BCUT2D eigenvalue weighted by Crippen LogP contribution is 2.34. The Morgan fingerprint density at radius 2 is 1.15 bits per heavy atom. The molecule has 106 valence electrons. The van der Waals surface area contributed by atoms with E-state index in [9.17, 15) is 0 Å². The molecular formula is C16H24N4+2. The van der Waals surface area contributed by atoms with E-state index in [0.717, 1.165) is 13.1 Å². The van der Waals surface area contributed by atoms with Crippen molar-refractivity contribution in [2.24, 2.45) is 0 Å². The molecule has 20 heavy (non-hydrogen) atoms. The second kappa shape index (κ2) is 4.33. The quantitative estimate of drug-likeness (QED) is 0.667. The first kappa shape index (κ1) is 13.2. The zero-order valence-electron chi connectivity index (χ0n) is 13.4. The van der Waals surface area contributed by atoms with Gasteiger partial charge in [0, 0.05) is 25.0 Å². The van der Waals surface area contributed by atoms with E-state index in [1.807, 2.05) is 0 Å². The fourth-order valence-corrected chi connectivity index (χ4v) is 3.14. The highest BCUT2D eigenvalue weighted by atomic mass is 15.3. The average Bonchev–Trinajstić information content (AvgIpc) is 2.42. The van der Waals surface area contributed by atoms with Gasteiger partial charge in [-0.05, 0) is 12.1 Å². The van der Waals surface area contributed by atoms with Gasteiger partial charge in [-0.2, -0.15) is 0 Å². The highest BCUT2D eigenvalue weighted by molar-refractivity contribution is 5.97. The van der Waals surface area contributed by atoms with E-state index < -0.39 is 0 Å². The maximum absolute atomic E-state index is 2.36. The molecule has 4 nitrogen and oxygen atoms in total. The standard InChI is InChI=1S/C16H24N4/c1-11-17(3)9-13-8-16-14(7-15(13)19(11)5)10-18(4)12(2)20(16)6/h7-8H,9-10H2,1-6H3/q+2. The molecule has 3 rings (SSSR count). The molecule has 1 aromatic rings. The van der Waals surface area contributed by atoms with Gasteiger partial charge in [-0.1, -0.05) is 0 Å². The Hall–Kier alpha value is -1.84. The molecule has 0 fully saturated rings. The van der Waals surface area contributed by atoms with Crippen LogP contribution in [0.4, 0.5) is 11.4 Å². The first-order valence-electron chi connectivity index (χ1n) is 7.12. The number of hydrogen-bond donors (Lipinski definition) is 0. The van der Waals surface area contributed by atoms with Crippen LogP contribution >= 0.6 is 0 Å². The minimum absolute atomic E-state index is 0.988. The van der Waals surface area contributed by atoms with E-state index >= 15 is 0 Å². The lowest BCUT2D eigenvalue weighted by atomic mass is 10.0. The average molecular weight is 272 g/mol. The molecule has 0 saturated heterocycles. The Labute approximate surface area is 121 Å². The summed E-state index contributed by atoms with van der Waals surface area (Å²) < 4.78 is 4.61. The Morgan fingerprint density at radius 3 is 1.50 bits per heavy atom. The molecule has 4 heteroatoms. The molecule has 0 atom stereocenters. The summed E-state index contributed by atoms with van der Waals surface area (Å²) >= 11 is 0. The SMILES string of the molecule is CC1=[N+](C)Cc2cc3c(cc2N1C)C[N+](C)=C(C)N3C. The molecule has 0 aromatic heterocycles. The number of anilines is 2. The Kier molecular flexibility index (Phi) is 2.85. The summed E-state index contributed by atoms with van der Waals surface area (Å²) in [6, 6.07) is 4.72. The third-order valence-electron chi connectivity index (χ3n) is 4.89. The van der Waals surface area contributed by atoms with Gasteiger partial charge >= 0.3 is 0 Å². The van der Waals surface area contributed by atoms with Crippen LogP contribution in [0.2, 0.25) is 0 Å². The zero-order chi connectivity index (χ0) is 14.6. The Morgan fingerprint density at radius 1 is 0.800 bits per heavy atom. The molecular weight excluding hydrogens is 248 g/mol. The lowest BCUT2D eigenvalue weighted by Gasteiger charge is -2.27. The molecule has 0 aliphatic carbocycles. The van der Waals surface area contributed by atoms with Crippen LogP contribution in [0.25, 0.3) is 0 Å². The van der Waals surface area contributed by atoms with Gasteiger partial charge in [0.25, 0.3) is 0 Å². The van der Waals surface area contributed by atoms with E-state index in [2.05, 4.69) is 73.1 Å². The van der Waals surface area contributed by atoms with Gasteiger partial charge in [0.15, 0.2) is 0 Å². The lowest BCUT2D eigenvalue weighted by Crippen LogP contribution is -2.39. The predicted octanol–water partition coefficient (Wildman–Crippen LogP) is 1.71. The maximum atomic E-state index is 2.36. The number of nitrogens with zero attached hydrogens (tertiary/aromatic N) is 4. The van der Waals surface area contributed by atoms with Gasteiger partial charge in [-0.25, -0.2) is 9.80 Å². The molecule has 2 aliphatic rings. The fraction of sp³-hybridized carbons (Fsp3) is 0.500. The Balaban J connectivity index is 2.14. The summed E-state index contributed by atoms with van der Waals surface area (Å²) in [7, 11) is 8.62. The molecule has 0 amide bonds. The normalized spacial score (nSPS) is 18.5. The van der Waals surface area contributed by atoms with E-state index in [4.69, 9.17) is 0 Å². The molecule has 0 saturated carbocycles. The van der Waals surface area contributed by atoms with Crippen molar-refractivity contribution in [2.45, 2.75) is 26.9 Å². The monoisotopic (exact) mass is 272 g/mol. The van der Waals surface area contributed by atoms with Crippen LogP contribution < -0.4 is 9.80 Å². The smallest absolute Gasteiger partial charge is 0.248 e. The summed E-state index contributed by atoms with van der Waals surface area (Å²) in [5, 5.41) is 0. The largest absolute Gasteiger partial charge is 0.264 e. The molecule has 0 radical (unpaired) electrons. The molecule has 0 unspecified atom stereocenters. The third kappa shape index (κ3) is 1.74. The van der Waals surface area contributed by atoms with Crippen molar-refractivity contribution in [2.75, 3.05) is 38.0 Å². The first-order valence-corrected chi connectivity index (χ1v) is 7.12.